The second kappa shape index (κ2) is 4.98. The summed E-state index contributed by atoms with van der Waals surface area (Å²) in [6.45, 7) is 4.17. The van der Waals surface area contributed by atoms with E-state index in [9.17, 15) is 0 Å². The van der Waals surface area contributed by atoms with Gasteiger partial charge in [-0.2, -0.15) is 0 Å². The molecule has 0 spiro atoms. The van der Waals surface area contributed by atoms with Gasteiger partial charge in [0.05, 0.1) is 12.6 Å². The van der Waals surface area contributed by atoms with Gasteiger partial charge in [0.15, 0.2) is 0 Å². The number of hydrogen-bond donors (Lipinski definition) is 1. The van der Waals surface area contributed by atoms with Crippen LogP contribution < -0.4 is 5.32 Å². The van der Waals surface area contributed by atoms with Crippen molar-refractivity contribution in [1.29, 1.82) is 0 Å². The quantitative estimate of drug-likeness (QED) is 0.794. The first kappa shape index (κ1) is 11.6. The summed E-state index contributed by atoms with van der Waals surface area (Å²) in [7, 11) is 1.76. The summed E-state index contributed by atoms with van der Waals surface area (Å²) in [4.78, 5) is 0. The van der Waals surface area contributed by atoms with Crippen molar-refractivity contribution in [1.82, 2.24) is 5.32 Å². The molecule has 1 aliphatic rings. The molecule has 0 bridgehead atoms. The van der Waals surface area contributed by atoms with Crippen molar-refractivity contribution in [3.05, 3.63) is 35.9 Å². The number of methoxy groups -OCH3 is 1. The molecule has 2 nitrogen and oxygen atoms in total. The van der Waals surface area contributed by atoms with Crippen LogP contribution in [0.5, 0.6) is 0 Å². The Bertz CT molecular complexity index is 319. The summed E-state index contributed by atoms with van der Waals surface area (Å²) < 4.78 is 5.28. The van der Waals surface area contributed by atoms with Gasteiger partial charge in [0.1, 0.15) is 0 Å². The summed E-state index contributed by atoms with van der Waals surface area (Å²) in [5.41, 5.74) is 1.86. The van der Waals surface area contributed by atoms with Gasteiger partial charge in [0.2, 0.25) is 0 Å². The molecule has 1 aliphatic carbocycles. The van der Waals surface area contributed by atoms with Gasteiger partial charge in [-0.1, -0.05) is 37.3 Å². The second-order valence-electron chi connectivity index (χ2n) is 5.11. The molecule has 1 atom stereocenters. The Morgan fingerprint density at radius 1 is 1.31 bits per heavy atom. The molecule has 16 heavy (non-hydrogen) atoms. The highest BCUT2D eigenvalue weighted by Gasteiger charge is 2.37. The zero-order valence-electron chi connectivity index (χ0n) is 10.2. The number of ether oxygens (including phenoxy) is 1. The molecule has 0 aliphatic heterocycles. The lowest BCUT2D eigenvalue weighted by molar-refractivity contribution is 0.164. The Hall–Kier alpha value is -0.860. The summed E-state index contributed by atoms with van der Waals surface area (Å²) in [5.74, 6) is 0. The third kappa shape index (κ3) is 3.06. The molecule has 0 heterocycles. The predicted octanol–water partition coefficient (Wildman–Crippen LogP) is 2.76. The Labute approximate surface area is 98.0 Å². The third-order valence-electron chi connectivity index (χ3n) is 3.41. The largest absolute Gasteiger partial charge is 0.383 e. The van der Waals surface area contributed by atoms with Crippen molar-refractivity contribution in [2.75, 3.05) is 20.3 Å². The molecule has 1 aromatic rings. The number of benzene rings is 1. The summed E-state index contributed by atoms with van der Waals surface area (Å²) >= 11 is 0. The molecule has 2 rings (SSSR count). The molecular weight excluding hydrogens is 198 g/mol. The van der Waals surface area contributed by atoms with Crippen LogP contribution in [0.4, 0.5) is 0 Å². The normalized spacial score (nSPS) is 19.4. The molecule has 0 amide bonds. The number of nitrogens with one attached hydrogen (secondary N) is 1. The Kier molecular flexibility index (Phi) is 3.62. The van der Waals surface area contributed by atoms with Crippen molar-refractivity contribution in [2.24, 2.45) is 5.41 Å². The lowest BCUT2D eigenvalue weighted by Gasteiger charge is -2.20. The second-order valence-corrected chi connectivity index (χ2v) is 5.11. The van der Waals surface area contributed by atoms with Crippen LogP contribution in [0.3, 0.4) is 0 Å². The predicted molar refractivity (Wildman–Crippen MR) is 66.4 cm³/mol. The van der Waals surface area contributed by atoms with Gasteiger partial charge >= 0.3 is 0 Å². The van der Waals surface area contributed by atoms with E-state index in [1.807, 2.05) is 0 Å². The standard InChI is InChI=1S/C14H21NO/c1-14(8-9-14)11-15-13(10-16-2)12-6-4-3-5-7-12/h3-7,13,15H,8-11H2,1-2H3. The summed E-state index contributed by atoms with van der Waals surface area (Å²) in [5, 5.41) is 3.61. The first-order valence-corrected chi connectivity index (χ1v) is 6.01. The molecule has 1 aromatic carbocycles. The minimum Gasteiger partial charge on any atom is -0.383 e. The van der Waals surface area contributed by atoms with E-state index >= 15 is 0 Å². The Balaban J connectivity index is 1.94. The minimum atomic E-state index is 0.323. The van der Waals surface area contributed by atoms with Gasteiger partial charge in [-0.05, 0) is 23.8 Å². The average Bonchev–Trinajstić information content (AvgIpc) is 3.04. The third-order valence-corrected chi connectivity index (χ3v) is 3.41. The Morgan fingerprint density at radius 3 is 2.56 bits per heavy atom. The van der Waals surface area contributed by atoms with Crippen molar-refractivity contribution in [2.45, 2.75) is 25.8 Å². The summed E-state index contributed by atoms with van der Waals surface area (Å²) in [6, 6.07) is 10.9. The maximum Gasteiger partial charge on any atom is 0.0657 e. The smallest absolute Gasteiger partial charge is 0.0657 e. The minimum absolute atomic E-state index is 0.323. The first-order valence-electron chi connectivity index (χ1n) is 6.01. The fourth-order valence-corrected chi connectivity index (χ4v) is 1.88. The monoisotopic (exact) mass is 219 g/mol. The topological polar surface area (TPSA) is 21.3 Å². The van der Waals surface area contributed by atoms with E-state index in [-0.39, 0.29) is 0 Å². The Morgan fingerprint density at radius 2 is 2.00 bits per heavy atom. The molecule has 0 aromatic heterocycles. The summed E-state index contributed by atoms with van der Waals surface area (Å²) in [6.07, 6.45) is 2.71. The molecule has 0 saturated heterocycles. The maximum absolute atomic E-state index is 5.28. The van der Waals surface area contributed by atoms with Crippen molar-refractivity contribution < 1.29 is 4.74 Å². The van der Waals surface area contributed by atoms with Gasteiger partial charge in [-0.3, -0.25) is 0 Å². The van der Waals surface area contributed by atoms with Crippen LogP contribution in [-0.4, -0.2) is 20.3 Å². The van der Waals surface area contributed by atoms with Gasteiger partial charge < -0.3 is 10.1 Å². The van der Waals surface area contributed by atoms with E-state index in [0.717, 1.165) is 13.2 Å². The molecular formula is C14H21NO. The lowest BCUT2D eigenvalue weighted by Crippen LogP contribution is -2.29. The molecule has 1 fully saturated rings. The number of rotatable bonds is 6. The fraction of sp³-hybridized carbons (Fsp3) is 0.571. The first-order chi connectivity index (χ1) is 7.73. The van der Waals surface area contributed by atoms with Gasteiger partial charge in [-0.15, -0.1) is 0 Å². The van der Waals surface area contributed by atoms with E-state index in [1.54, 1.807) is 7.11 Å². The van der Waals surface area contributed by atoms with E-state index in [2.05, 4.69) is 42.6 Å². The SMILES string of the molecule is COCC(NCC1(C)CC1)c1ccccc1. The van der Waals surface area contributed by atoms with Crippen LogP contribution in [0.15, 0.2) is 30.3 Å². The molecule has 1 saturated carbocycles. The fourth-order valence-electron chi connectivity index (χ4n) is 1.88. The van der Waals surface area contributed by atoms with Crippen LogP contribution in [0, 0.1) is 5.41 Å². The lowest BCUT2D eigenvalue weighted by atomic mass is 10.1. The van der Waals surface area contributed by atoms with Crippen LogP contribution in [-0.2, 0) is 4.74 Å². The molecule has 2 heteroatoms. The van der Waals surface area contributed by atoms with Gasteiger partial charge in [0.25, 0.3) is 0 Å². The van der Waals surface area contributed by atoms with E-state index in [4.69, 9.17) is 4.74 Å². The van der Waals surface area contributed by atoms with Gasteiger partial charge in [0, 0.05) is 13.7 Å². The van der Waals surface area contributed by atoms with Crippen LogP contribution >= 0.6 is 0 Å². The van der Waals surface area contributed by atoms with Crippen LogP contribution in [0.25, 0.3) is 0 Å². The van der Waals surface area contributed by atoms with E-state index in [1.165, 1.54) is 18.4 Å². The van der Waals surface area contributed by atoms with Crippen LogP contribution in [0.2, 0.25) is 0 Å². The van der Waals surface area contributed by atoms with E-state index in [0.29, 0.717) is 11.5 Å². The van der Waals surface area contributed by atoms with Crippen molar-refractivity contribution in [3.8, 4) is 0 Å². The highest BCUT2D eigenvalue weighted by molar-refractivity contribution is 5.19. The van der Waals surface area contributed by atoms with E-state index < -0.39 is 0 Å². The van der Waals surface area contributed by atoms with Crippen LogP contribution in [0.1, 0.15) is 31.4 Å². The zero-order chi connectivity index (χ0) is 11.4. The zero-order valence-corrected chi connectivity index (χ0v) is 10.2. The average molecular weight is 219 g/mol. The highest BCUT2D eigenvalue weighted by Crippen LogP contribution is 2.44. The van der Waals surface area contributed by atoms with Crippen molar-refractivity contribution >= 4 is 0 Å². The molecule has 88 valence electrons. The molecule has 1 N–H and O–H groups in total. The maximum atomic E-state index is 5.28. The van der Waals surface area contributed by atoms with Gasteiger partial charge in [-0.25, -0.2) is 0 Å². The molecule has 0 radical (unpaired) electrons. The van der Waals surface area contributed by atoms with Crippen molar-refractivity contribution in [3.63, 3.8) is 0 Å². The number of hydrogen-bond acceptors (Lipinski definition) is 2. The molecule has 1 unspecified atom stereocenters. The highest BCUT2D eigenvalue weighted by atomic mass is 16.5.